The third-order valence-corrected chi connectivity index (χ3v) is 5.50. The summed E-state index contributed by atoms with van der Waals surface area (Å²) in [6.45, 7) is 3.50. The minimum absolute atomic E-state index is 0.00956. The van der Waals surface area contributed by atoms with Crippen LogP contribution in [0, 0.1) is 0 Å². The van der Waals surface area contributed by atoms with Crippen LogP contribution in [0.2, 0.25) is 5.02 Å². The predicted molar refractivity (Wildman–Crippen MR) is 104 cm³/mol. The van der Waals surface area contributed by atoms with Crippen molar-refractivity contribution in [2.24, 2.45) is 0 Å². The van der Waals surface area contributed by atoms with Crippen molar-refractivity contribution in [3.8, 4) is 5.75 Å². The summed E-state index contributed by atoms with van der Waals surface area (Å²) in [7, 11) is 0. The molecule has 0 bridgehead atoms. The summed E-state index contributed by atoms with van der Waals surface area (Å²) >= 11 is 6.45. The van der Waals surface area contributed by atoms with Gasteiger partial charge in [-0.15, -0.1) is 0 Å². The van der Waals surface area contributed by atoms with Crippen molar-refractivity contribution >= 4 is 17.5 Å². The lowest BCUT2D eigenvalue weighted by molar-refractivity contribution is -0.127. The lowest BCUT2D eigenvalue weighted by atomic mass is 10.0. The minimum Gasteiger partial charge on any atom is -0.480 e. The molecule has 2 atom stereocenters. The zero-order valence-electron chi connectivity index (χ0n) is 15.1. The Morgan fingerprint density at radius 2 is 1.89 bits per heavy atom. The molecule has 0 spiro atoms. The number of para-hydroxylation sites is 1. The van der Waals surface area contributed by atoms with Crippen molar-refractivity contribution in [1.82, 2.24) is 10.2 Å². The zero-order valence-corrected chi connectivity index (χ0v) is 15.8. The number of carbonyl (C=O) groups excluding carboxylic acids is 1. The van der Waals surface area contributed by atoms with Crippen LogP contribution in [0.5, 0.6) is 5.75 Å². The summed E-state index contributed by atoms with van der Waals surface area (Å²) in [4.78, 5) is 15.0. The fourth-order valence-corrected chi connectivity index (χ4v) is 3.97. The zero-order chi connectivity index (χ0) is 18.6. The summed E-state index contributed by atoms with van der Waals surface area (Å²) in [5, 5.41) is 3.79. The fourth-order valence-electron chi connectivity index (χ4n) is 3.71. The van der Waals surface area contributed by atoms with Gasteiger partial charge in [0.05, 0.1) is 19.3 Å². The molecule has 0 saturated carbocycles. The van der Waals surface area contributed by atoms with Crippen LogP contribution in [-0.4, -0.2) is 49.8 Å². The van der Waals surface area contributed by atoms with Gasteiger partial charge in [0.25, 0.3) is 5.91 Å². The van der Waals surface area contributed by atoms with Crippen LogP contribution in [0.1, 0.15) is 17.2 Å². The van der Waals surface area contributed by atoms with Crippen LogP contribution >= 0.6 is 11.6 Å². The second-order valence-corrected chi connectivity index (χ2v) is 7.26. The van der Waals surface area contributed by atoms with Crippen molar-refractivity contribution in [1.29, 1.82) is 0 Å². The molecule has 2 aliphatic rings. The average Bonchev–Trinajstić information content (AvgIpc) is 3.14. The molecule has 0 aromatic heterocycles. The van der Waals surface area contributed by atoms with Gasteiger partial charge >= 0.3 is 0 Å². The maximum absolute atomic E-state index is 12.7. The number of hydrogen-bond donors (Lipinski definition) is 1. The van der Waals surface area contributed by atoms with Gasteiger partial charge in [-0.3, -0.25) is 9.69 Å². The molecule has 1 saturated heterocycles. The molecular weight excluding hydrogens is 364 g/mol. The summed E-state index contributed by atoms with van der Waals surface area (Å²) in [6.07, 6.45) is 0.134. The predicted octanol–water partition coefficient (Wildman–Crippen LogP) is 2.83. The molecule has 4 rings (SSSR count). The Morgan fingerprint density at radius 3 is 2.67 bits per heavy atom. The molecule has 27 heavy (non-hydrogen) atoms. The number of nitrogens with one attached hydrogen (secondary N) is 1. The number of hydrogen-bond acceptors (Lipinski definition) is 4. The highest BCUT2D eigenvalue weighted by atomic mass is 35.5. The molecule has 2 aliphatic heterocycles. The lowest BCUT2D eigenvalue weighted by Gasteiger charge is -2.35. The SMILES string of the molecule is O=C(NC[C@H](c1ccccc1Cl)N1CCOCC1)[C@@H]1Cc2ccccc2O1. The first-order valence-electron chi connectivity index (χ1n) is 9.31. The van der Waals surface area contributed by atoms with Crippen LogP contribution in [0.4, 0.5) is 0 Å². The second-order valence-electron chi connectivity index (χ2n) is 6.85. The van der Waals surface area contributed by atoms with Crippen molar-refractivity contribution < 1.29 is 14.3 Å². The van der Waals surface area contributed by atoms with Gasteiger partial charge in [0.1, 0.15) is 5.75 Å². The molecule has 1 amide bonds. The largest absolute Gasteiger partial charge is 0.480 e. The molecule has 0 radical (unpaired) electrons. The van der Waals surface area contributed by atoms with E-state index in [9.17, 15) is 4.79 Å². The molecule has 2 aromatic rings. The Hall–Kier alpha value is -2.08. The molecule has 2 aromatic carbocycles. The van der Waals surface area contributed by atoms with E-state index >= 15 is 0 Å². The van der Waals surface area contributed by atoms with Crippen molar-refractivity contribution in [2.75, 3.05) is 32.8 Å². The van der Waals surface area contributed by atoms with E-state index in [1.165, 1.54) is 0 Å². The molecule has 1 fully saturated rings. The van der Waals surface area contributed by atoms with E-state index in [1.54, 1.807) is 0 Å². The van der Waals surface area contributed by atoms with E-state index < -0.39 is 6.10 Å². The van der Waals surface area contributed by atoms with Gasteiger partial charge in [-0.25, -0.2) is 0 Å². The van der Waals surface area contributed by atoms with Crippen LogP contribution in [-0.2, 0) is 16.0 Å². The number of ether oxygens (including phenoxy) is 2. The fraction of sp³-hybridized carbons (Fsp3) is 0.381. The van der Waals surface area contributed by atoms with Gasteiger partial charge in [0.2, 0.25) is 0 Å². The second kappa shape index (κ2) is 8.30. The summed E-state index contributed by atoms with van der Waals surface area (Å²) in [6, 6.07) is 15.6. The standard InChI is InChI=1S/C21H23ClN2O3/c22-17-7-3-2-6-16(17)18(24-9-11-26-12-10-24)14-23-21(25)20-13-15-5-1-4-8-19(15)27-20/h1-8,18,20H,9-14H2,(H,23,25)/t18-,20+/m1/s1. The molecule has 6 heteroatoms. The van der Waals surface area contributed by atoms with E-state index in [1.807, 2.05) is 48.5 Å². The first kappa shape index (κ1) is 18.3. The monoisotopic (exact) mass is 386 g/mol. The molecule has 0 unspecified atom stereocenters. The van der Waals surface area contributed by atoms with Crippen LogP contribution < -0.4 is 10.1 Å². The van der Waals surface area contributed by atoms with E-state index in [4.69, 9.17) is 21.1 Å². The highest BCUT2D eigenvalue weighted by Crippen LogP contribution is 2.30. The van der Waals surface area contributed by atoms with Gasteiger partial charge < -0.3 is 14.8 Å². The highest BCUT2D eigenvalue weighted by Gasteiger charge is 2.30. The molecule has 142 valence electrons. The Kier molecular flexibility index (Phi) is 5.62. The topological polar surface area (TPSA) is 50.8 Å². The first-order valence-corrected chi connectivity index (χ1v) is 9.68. The van der Waals surface area contributed by atoms with Crippen LogP contribution in [0.15, 0.2) is 48.5 Å². The Morgan fingerprint density at radius 1 is 1.15 bits per heavy atom. The van der Waals surface area contributed by atoms with E-state index in [0.29, 0.717) is 31.2 Å². The number of amides is 1. The summed E-state index contributed by atoms with van der Waals surface area (Å²) < 4.78 is 11.3. The van der Waals surface area contributed by atoms with E-state index in [-0.39, 0.29) is 11.9 Å². The number of benzene rings is 2. The van der Waals surface area contributed by atoms with Crippen molar-refractivity contribution in [3.05, 3.63) is 64.7 Å². The third-order valence-electron chi connectivity index (χ3n) is 5.16. The third kappa shape index (κ3) is 4.10. The van der Waals surface area contributed by atoms with Gasteiger partial charge in [-0.1, -0.05) is 48.0 Å². The van der Waals surface area contributed by atoms with E-state index in [0.717, 1.165) is 30.0 Å². The average molecular weight is 387 g/mol. The number of fused-ring (bicyclic) bond motifs is 1. The normalized spacial score (nSPS) is 20.6. The molecule has 0 aliphatic carbocycles. The van der Waals surface area contributed by atoms with Gasteiger partial charge in [-0.2, -0.15) is 0 Å². The van der Waals surface area contributed by atoms with Crippen molar-refractivity contribution in [3.63, 3.8) is 0 Å². The number of carbonyl (C=O) groups is 1. The molecular formula is C21H23ClN2O3. The van der Waals surface area contributed by atoms with Gasteiger partial charge in [-0.05, 0) is 23.3 Å². The minimum atomic E-state index is -0.473. The summed E-state index contributed by atoms with van der Waals surface area (Å²) in [5.41, 5.74) is 2.10. The quantitative estimate of drug-likeness (QED) is 0.858. The highest BCUT2D eigenvalue weighted by molar-refractivity contribution is 6.31. The van der Waals surface area contributed by atoms with Crippen molar-refractivity contribution in [2.45, 2.75) is 18.6 Å². The van der Waals surface area contributed by atoms with Gasteiger partial charge in [0, 0.05) is 31.1 Å². The van der Waals surface area contributed by atoms with Crippen LogP contribution in [0.3, 0.4) is 0 Å². The molecule has 1 N–H and O–H groups in total. The number of rotatable bonds is 5. The van der Waals surface area contributed by atoms with Gasteiger partial charge in [0.15, 0.2) is 6.10 Å². The number of halogens is 1. The molecule has 5 nitrogen and oxygen atoms in total. The number of nitrogens with zero attached hydrogens (tertiary/aromatic N) is 1. The smallest absolute Gasteiger partial charge is 0.261 e. The Balaban J connectivity index is 1.44. The maximum Gasteiger partial charge on any atom is 0.261 e. The first-order chi connectivity index (χ1) is 13.2. The molecule has 2 heterocycles. The Bertz CT molecular complexity index is 783. The van der Waals surface area contributed by atoms with E-state index in [2.05, 4.69) is 10.2 Å². The summed E-state index contributed by atoms with van der Waals surface area (Å²) in [5.74, 6) is 0.713. The Labute approximate surface area is 164 Å². The maximum atomic E-state index is 12.7. The number of morpholine rings is 1. The van der Waals surface area contributed by atoms with Crippen LogP contribution in [0.25, 0.3) is 0 Å². The lowest BCUT2D eigenvalue weighted by Crippen LogP contribution is -2.46.